The number of esters is 1. The summed E-state index contributed by atoms with van der Waals surface area (Å²) in [6, 6.07) is 5.13. The number of hydrogen-bond donors (Lipinski definition) is 0. The Morgan fingerprint density at radius 3 is 2.75 bits per heavy atom. The molecule has 1 aliphatic heterocycles. The Kier molecular flexibility index (Phi) is 6.90. The Hall–Kier alpha value is -1.30. The van der Waals surface area contributed by atoms with Crippen LogP contribution in [0, 0.1) is 5.92 Å². The van der Waals surface area contributed by atoms with Crippen LogP contribution in [0.3, 0.4) is 0 Å². The average molecular weight is 374 g/mol. The van der Waals surface area contributed by atoms with Gasteiger partial charge in [-0.3, -0.25) is 9.59 Å². The Morgan fingerprint density at radius 1 is 1.33 bits per heavy atom. The van der Waals surface area contributed by atoms with E-state index in [9.17, 15) is 9.59 Å². The third-order valence-electron chi connectivity index (χ3n) is 3.95. The van der Waals surface area contributed by atoms with Gasteiger partial charge in [-0.1, -0.05) is 29.3 Å². The molecule has 0 aliphatic carbocycles. The van der Waals surface area contributed by atoms with Crippen LogP contribution in [-0.4, -0.2) is 44.1 Å². The number of amides is 1. The molecule has 1 aromatic carbocycles. The minimum absolute atomic E-state index is 0.0629. The average Bonchev–Trinajstić information content (AvgIpc) is 2.54. The topological polar surface area (TPSA) is 55.8 Å². The van der Waals surface area contributed by atoms with Gasteiger partial charge in [0.15, 0.2) is 0 Å². The Morgan fingerprint density at radius 2 is 2.08 bits per heavy atom. The summed E-state index contributed by atoms with van der Waals surface area (Å²) in [6.45, 7) is 0.625. The number of ether oxygens (including phenoxy) is 2. The quantitative estimate of drug-likeness (QED) is 0.741. The highest BCUT2D eigenvalue weighted by Gasteiger charge is 2.35. The summed E-state index contributed by atoms with van der Waals surface area (Å²) in [7, 11) is 3.33. The summed E-state index contributed by atoms with van der Waals surface area (Å²) in [4.78, 5) is 25.4. The lowest BCUT2D eigenvalue weighted by molar-refractivity contribution is -0.159. The van der Waals surface area contributed by atoms with Crippen LogP contribution < -0.4 is 0 Å². The van der Waals surface area contributed by atoms with Crippen molar-refractivity contribution in [1.29, 1.82) is 0 Å². The van der Waals surface area contributed by atoms with Crippen LogP contribution in [0.4, 0.5) is 0 Å². The number of hydrogen-bond acceptors (Lipinski definition) is 4. The second-order valence-corrected chi connectivity index (χ2v) is 6.76. The second kappa shape index (κ2) is 8.70. The maximum Gasteiger partial charge on any atom is 0.311 e. The molecular formula is C17H21Cl2NO4. The molecule has 7 heteroatoms. The molecule has 2 rings (SSSR count). The maximum absolute atomic E-state index is 12.4. The van der Waals surface area contributed by atoms with E-state index < -0.39 is 12.0 Å². The molecule has 1 aliphatic rings. The molecule has 5 nitrogen and oxygen atoms in total. The van der Waals surface area contributed by atoms with Crippen molar-refractivity contribution in [3.8, 4) is 0 Å². The van der Waals surface area contributed by atoms with Crippen LogP contribution in [-0.2, 0) is 19.1 Å². The highest BCUT2D eigenvalue weighted by molar-refractivity contribution is 6.35. The lowest BCUT2D eigenvalue weighted by Crippen LogP contribution is -2.31. The monoisotopic (exact) mass is 373 g/mol. The third kappa shape index (κ3) is 4.85. The number of halogens is 2. The van der Waals surface area contributed by atoms with E-state index in [-0.39, 0.29) is 24.9 Å². The van der Waals surface area contributed by atoms with Crippen molar-refractivity contribution in [3.05, 3.63) is 33.8 Å². The van der Waals surface area contributed by atoms with E-state index in [0.29, 0.717) is 23.1 Å². The summed E-state index contributed by atoms with van der Waals surface area (Å²) in [6.07, 6.45) is 1.14. The SMILES string of the molecule is CN(C)C(=O)CCOC(=O)[C@@H]1CCCO[C@H]1c1ccc(Cl)cc1Cl. The molecule has 0 N–H and O–H groups in total. The van der Waals surface area contributed by atoms with Gasteiger partial charge in [-0.05, 0) is 25.0 Å². The molecular weight excluding hydrogens is 353 g/mol. The second-order valence-electron chi connectivity index (χ2n) is 5.91. The van der Waals surface area contributed by atoms with Crippen molar-refractivity contribution in [2.75, 3.05) is 27.3 Å². The number of carbonyl (C=O) groups excluding carboxylic acids is 2. The van der Waals surface area contributed by atoms with E-state index in [2.05, 4.69) is 0 Å². The van der Waals surface area contributed by atoms with Crippen molar-refractivity contribution in [2.45, 2.75) is 25.4 Å². The van der Waals surface area contributed by atoms with E-state index in [1.807, 2.05) is 0 Å². The molecule has 1 fully saturated rings. The molecule has 132 valence electrons. The van der Waals surface area contributed by atoms with Crippen molar-refractivity contribution in [1.82, 2.24) is 4.90 Å². The molecule has 1 heterocycles. The Balaban J connectivity index is 2.03. The molecule has 1 saturated heterocycles. The van der Waals surface area contributed by atoms with E-state index in [1.54, 1.807) is 32.3 Å². The van der Waals surface area contributed by atoms with Gasteiger partial charge in [0.05, 0.1) is 18.4 Å². The zero-order valence-corrected chi connectivity index (χ0v) is 15.3. The standard InChI is InChI=1S/C17H21Cl2NO4/c1-20(2)15(21)7-9-24-17(22)13-4-3-8-23-16(13)12-6-5-11(18)10-14(12)19/h5-6,10,13,16H,3-4,7-9H2,1-2H3/t13-,16+/m1/s1. The van der Waals surface area contributed by atoms with Gasteiger partial charge in [0, 0.05) is 36.3 Å². The van der Waals surface area contributed by atoms with Crippen LogP contribution in [0.15, 0.2) is 18.2 Å². The molecule has 1 aromatic rings. The van der Waals surface area contributed by atoms with Gasteiger partial charge in [-0.15, -0.1) is 0 Å². The smallest absolute Gasteiger partial charge is 0.311 e. The van der Waals surface area contributed by atoms with E-state index in [1.165, 1.54) is 4.90 Å². The van der Waals surface area contributed by atoms with Gasteiger partial charge in [0.1, 0.15) is 6.61 Å². The van der Waals surface area contributed by atoms with Gasteiger partial charge in [-0.25, -0.2) is 0 Å². The first-order valence-corrected chi connectivity index (χ1v) is 8.59. The van der Waals surface area contributed by atoms with Crippen LogP contribution in [0.2, 0.25) is 10.0 Å². The normalized spacial score (nSPS) is 20.5. The number of carbonyl (C=O) groups is 2. The molecule has 1 amide bonds. The van der Waals surface area contributed by atoms with Crippen LogP contribution in [0.25, 0.3) is 0 Å². The van der Waals surface area contributed by atoms with E-state index in [0.717, 1.165) is 12.0 Å². The van der Waals surface area contributed by atoms with Gasteiger partial charge >= 0.3 is 5.97 Å². The van der Waals surface area contributed by atoms with Crippen LogP contribution >= 0.6 is 23.2 Å². The molecule has 0 unspecified atom stereocenters. The molecule has 0 bridgehead atoms. The van der Waals surface area contributed by atoms with Crippen LogP contribution in [0.5, 0.6) is 0 Å². The predicted octanol–water partition coefficient (Wildman–Crippen LogP) is 3.48. The Bertz CT molecular complexity index is 606. The largest absolute Gasteiger partial charge is 0.465 e. The van der Waals surface area contributed by atoms with Crippen molar-refractivity contribution >= 4 is 35.1 Å². The third-order valence-corrected chi connectivity index (χ3v) is 4.52. The summed E-state index contributed by atoms with van der Waals surface area (Å²) < 4.78 is 11.1. The first kappa shape index (κ1) is 19.0. The minimum Gasteiger partial charge on any atom is -0.465 e. The summed E-state index contributed by atoms with van der Waals surface area (Å²) in [5.41, 5.74) is 0.729. The highest BCUT2D eigenvalue weighted by atomic mass is 35.5. The van der Waals surface area contributed by atoms with E-state index in [4.69, 9.17) is 32.7 Å². The zero-order valence-electron chi connectivity index (χ0n) is 13.8. The molecule has 24 heavy (non-hydrogen) atoms. The molecule has 0 spiro atoms. The molecule has 2 atom stereocenters. The number of rotatable bonds is 5. The van der Waals surface area contributed by atoms with Gasteiger partial charge in [0.25, 0.3) is 0 Å². The van der Waals surface area contributed by atoms with Crippen molar-refractivity contribution in [2.24, 2.45) is 5.92 Å². The summed E-state index contributed by atoms with van der Waals surface area (Å²) in [5.74, 6) is -0.885. The fourth-order valence-corrected chi connectivity index (χ4v) is 3.15. The number of benzene rings is 1. The fourth-order valence-electron chi connectivity index (χ4n) is 2.63. The minimum atomic E-state index is -0.458. The maximum atomic E-state index is 12.4. The first-order valence-electron chi connectivity index (χ1n) is 7.83. The predicted molar refractivity (Wildman–Crippen MR) is 92.1 cm³/mol. The molecule has 0 radical (unpaired) electrons. The van der Waals surface area contributed by atoms with Crippen molar-refractivity contribution in [3.63, 3.8) is 0 Å². The lowest BCUT2D eigenvalue weighted by atomic mass is 9.89. The molecule has 0 saturated carbocycles. The summed E-state index contributed by atoms with van der Waals surface area (Å²) in [5, 5.41) is 0.996. The van der Waals surface area contributed by atoms with E-state index >= 15 is 0 Å². The van der Waals surface area contributed by atoms with Crippen molar-refractivity contribution < 1.29 is 19.1 Å². The highest BCUT2D eigenvalue weighted by Crippen LogP contribution is 2.38. The number of nitrogens with zero attached hydrogens (tertiary/aromatic N) is 1. The van der Waals surface area contributed by atoms with Gasteiger partial charge < -0.3 is 14.4 Å². The van der Waals surface area contributed by atoms with Crippen LogP contribution in [0.1, 0.15) is 30.9 Å². The lowest BCUT2D eigenvalue weighted by Gasteiger charge is -2.31. The van der Waals surface area contributed by atoms with Gasteiger partial charge in [0.2, 0.25) is 5.91 Å². The zero-order chi connectivity index (χ0) is 17.7. The fraction of sp³-hybridized carbons (Fsp3) is 0.529. The first-order chi connectivity index (χ1) is 11.4. The molecule has 0 aromatic heterocycles. The Labute approximate surface area is 151 Å². The summed E-state index contributed by atoms with van der Waals surface area (Å²) >= 11 is 12.2. The van der Waals surface area contributed by atoms with Gasteiger partial charge in [-0.2, -0.15) is 0 Å².